The zero-order valence-corrected chi connectivity index (χ0v) is 19.7. The number of benzene rings is 2. The SMILES string of the molecule is C[C@H](Nc1cc(-c2ccc(C(N)=O)cc2)cc(Nc2cnccn2)n1)c1ccc(F)cc1.Cl.Cl. The monoisotopic (exact) mass is 500 g/mol. The summed E-state index contributed by atoms with van der Waals surface area (Å²) in [6.45, 7) is 1.97. The highest BCUT2D eigenvalue weighted by Crippen LogP contribution is 2.28. The second-order valence-electron chi connectivity index (χ2n) is 7.20. The molecule has 0 aliphatic carbocycles. The van der Waals surface area contributed by atoms with E-state index in [9.17, 15) is 9.18 Å². The molecule has 2 aromatic carbocycles. The van der Waals surface area contributed by atoms with Gasteiger partial charge in [0, 0.05) is 24.0 Å². The first kappa shape index (κ1) is 26.5. The zero-order valence-electron chi connectivity index (χ0n) is 18.1. The Balaban J connectivity index is 0.00000204. The third-order valence-electron chi connectivity index (χ3n) is 4.88. The maximum Gasteiger partial charge on any atom is 0.248 e. The molecule has 34 heavy (non-hydrogen) atoms. The van der Waals surface area contributed by atoms with Gasteiger partial charge in [-0.1, -0.05) is 24.3 Å². The summed E-state index contributed by atoms with van der Waals surface area (Å²) in [7, 11) is 0. The van der Waals surface area contributed by atoms with Gasteiger partial charge in [0.25, 0.3) is 0 Å². The van der Waals surface area contributed by atoms with Gasteiger partial charge in [-0.2, -0.15) is 0 Å². The fourth-order valence-corrected chi connectivity index (χ4v) is 3.21. The number of carbonyl (C=O) groups excluding carboxylic acids is 1. The zero-order chi connectivity index (χ0) is 22.5. The van der Waals surface area contributed by atoms with E-state index in [4.69, 9.17) is 5.73 Å². The van der Waals surface area contributed by atoms with Crippen LogP contribution >= 0.6 is 24.8 Å². The van der Waals surface area contributed by atoms with E-state index in [0.717, 1.165) is 16.7 Å². The molecule has 0 aliphatic heterocycles. The molecule has 4 N–H and O–H groups in total. The number of aromatic nitrogens is 3. The minimum Gasteiger partial charge on any atom is -0.366 e. The Morgan fingerprint density at radius 3 is 2.21 bits per heavy atom. The van der Waals surface area contributed by atoms with E-state index in [-0.39, 0.29) is 36.7 Å². The molecular formula is C24H23Cl2FN6O. The maximum atomic E-state index is 13.3. The second-order valence-corrected chi connectivity index (χ2v) is 7.20. The molecule has 0 bridgehead atoms. The van der Waals surface area contributed by atoms with Crippen LogP contribution < -0.4 is 16.4 Å². The topological polar surface area (TPSA) is 106 Å². The number of primary amides is 1. The van der Waals surface area contributed by atoms with E-state index in [1.807, 2.05) is 31.2 Å². The smallest absolute Gasteiger partial charge is 0.248 e. The number of nitrogens with zero attached hydrogens (tertiary/aromatic N) is 3. The largest absolute Gasteiger partial charge is 0.366 e. The number of anilines is 3. The molecule has 7 nitrogen and oxygen atoms in total. The van der Waals surface area contributed by atoms with Gasteiger partial charge < -0.3 is 16.4 Å². The molecule has 10 heteroatoms. The van der Waals surface area contributed by atoms with Crippen molar-refractivity contribution < 1.29 is 9.18 Å². The lowest BCUT2D eigenvalue weighted by atomic mass is 10.0. The second kappa shape index (κ2) is 11.9. The molecule has 0 spiro atoms. The Bertz CT molecular complexity index is 1220. The first-order valence-corrected chi connectivity index (χ1v) is 9.95. The van der Waals surface area contributed by atoms with E-state index in [2.05, 4.69) is 25.6 Å². The lowest BCUT2D eigenvalue weighted by molar-refractivity contribution is 0.100. The third-order valence-corrected chi connectivity index (χ3v) is 4.88. The average Bonchev–Trinajstić information content (AvgIpc) is 2.80. The van der Waals surface area contributed by atoms with Gasteiger partial charge in [-0.3, -0.25) is 9.78 Å². The molecule has 0 radical (unpaired) electrons. The first-order valence-electron chi connectivity index (χ1n) is 9.95. The fourth-order valence-electron chi connectivity index (χ4n) is 3.21. The molecule has 4 aromatic rings. The van der Waals surface area contributed by atoms with Gasteiger partial charge >= 0.3 is 0 Å². The van der Waals surface area contributed by atoms with Crippen LogP contribution in [0.1, 0.15) is 28.9 Å². The van der Waals surface area contributed by atoms with Crippen molar-refractivity contribution in [1.82, 2.24) is 15.0 Å². The summed E-state index contributed by atoms with van der Waals surface area (Å²) in [6.07, 6.45) is 4.78. The molecule has 2 aromatic heterocycles. The number of nitrogens with one attached hydrogen (secondary N) is 2. The van der Waals surface area contributed by atoms with Crippen LogP contribution in [0.3, 0.4) is 0 Å². The number of hydrogen-bond donors (Lipinski definition) is 3. The summed E-state index contributed by atoms with van der Waals surface area (Å²) in [4.78, 5) is 24.3. The molecule has 0 aliphatic rings. The number of pyridine rings is 1. The molecule has 176 valence electrons. The average molecular weight is 501 g/mol. The first-order chi connectivity index (χ1) is 15.5. The molecule has 0 fully saturated rings. The van der Waals surface area contributed by atoms with E-state index in [1.165, 1.54) is 12.1 Å². The van der Waals surface area contributed by atoms with Crippen molar-refractivity contribution in [3.05, 3.63) is 96.2 Å². The van der Waals surface area contributed by atoms with Crippen LogP contribution in [0.5, 0.6) is 0 Å². The predicted molar refractivity (Wildman–Crippen MR) is 136 cm³/mol. The molecule has 0 saturated heterocycles. The van der Waals surface area contributed by atoms with Crippen LogP contribution in [0, 0.1) is 5.82 Å². The summed E-state index contributed by atoms with van der Waals surface area (Å²) in [6, 6.07) is 17.0. The van der Waals surface area contributed by atoms with Crippen LogP contribution in [0.4, 0.5) is 21.8 Å². The van der Waals surface area contributed by atoms with Crippen molar-refractivity contribution in [2.45, 2.75) is 13.0 Å². The Kier molecular flexibility index (Phi) is 9.29. The Labute approximate surface area is 208 Å². The summed E-state index contributed by atoms with van der Waals surface area (Å²) in [5, 5.41) is 6.52. The minimum atomic E-state index is -0.480. The third kappa shape index (κ3) is 6.63. The van der Waals surface area contributed by atoms with E-state index < -0.39 is 5.91 Å². The van der Waals surface area contributed by atoms with Gasteiger partial charge in [0.15, 0.2) is 0 Å². The highest BCUT2D eigenvalue weighted by atomic mass is 35.5. The fraction of sp³-hybridized carbons (Fsp3) is 0.0833. The molecule has 4 rings (SSSR count). The number of hydrogen-bond acceptors (Lipinski definition) is 6. The number of rotatable bonds is 7. The van der Waals surface area contributed by atoms with Gasteiger partial charge in [0.1, 0.15) is 23.3 Å². The van der Waals surface area contributed by atoms with Crippen molar-refractivity contribution in [2.24, 2.45) is 5.73 Å². The van der Waals surface area contributed by atoms with Gasteiger partial charge in [-0.15, -0.1) is 24.8 Å². The summed E-state index contributed by atoms with van der Waals surface area (Å²) >= 11 is 0. The van der Waals surface area contributed by atoms with Crippen LogP contribution in [0.25, 0.3) is 11.1 Å². The van der Waals surface area contributed by atoms with Crippen LogP contribution in [0.2, 0.25) is 0 Å². The quantitative estimate of drug-likeness (QED) is 0.307. The Hall–Kier alpha value is -3.75. The minimum absolute atomic E-state index is 0. The highest BCUT2D eigenvalue weighted by molar-refractivity contribution is 5.93. The van der Waals surface area contributed by atoms with Crippen LogP contribution in [-0.4, -0.2) is 20.9 Å². The Morgan fingerprint density at radius 1 is 0.912 bits per heavy atom. The summed E-state index contributed by atoms with van der Waals surface area (Å²) in [5.74, 6) is 0.974. The number of halogens is 3. The normalized spacial score (nSPS) is 10.9. The molecular weight excluding hydrogens is 478 g/mol. The lowest BCUT2D eigenvalue weighted by Gasteiger charge is -2.17. The number of carbonyl (C=O) groups is 1. The van der Waals surface area contributed by atoms with Crippen molar-refractivity contribution in [3.63, 3.8) is 0 Å². The van der Waals surface area contributed by atoms with Crippen molar-refractivity contribution in [3.8, 4) is 11.1 Å². The van der Waals surface area contributed by atoms with Gasteiger partial charge in [-0.25, -0.2) is 14.4 Å². The van der Waals surface area contributed by atoms with Crippen molar-refractivity contribution in [1.29, 1.82) is 0 Å². The standard InChI is InChI=1S/C24H21FN6O.2ClH/c1-15(16-6-8-20(25)9-7-16)29-21-12-19(17-2-4-18(5-3-17)24(26)32)13-22(30-21)31-23-14-27-10-11-28-23;;/h2-15H,1H3,(H2,26,32)(H2,28,29,30,31);2*1H/t15-;;/m0../s1. The highest BCUT2D eigenvalue weighted by Gasteiger charge is 2.11. The van der Waals surface area contributed by atoms with Crippen LogP contribution in [-0.2, 0) is 0 Å². The van der Waals surface area contributed by atoms with Crippen LogP contribution in [0.15, 0.2) is 79.3 Å². The molecule has 0 unspecified atom stereocenters. The lowest BCUT2D eigenvalue weighted by Crippen LogP contribution is -2.10. The molecule has 2 heterocycles. The van der Waals surface area contributed by atoms with E-state index >= 15 is 0 Å². The number of amides is 1. The summed E-state index contributed by atoms with van der Waals surface area (Å²) in [5.41, 5.74) is 8.47. The van der Waals surface area contributed by atoms with Crippen molar-refractivity contribution >= 4 is 48.2 Å². The van der Waals surface area contributed by atoms with Crippen molar-refractivity contribution in [2.75, 3.05) is 10.6 Å². The van der Waals surface area contributed by atoms with Gasteiger partial charge in [0.05, 0.1) is 6.20 Å². The van der Waals surface area contributed by atoms with E-state index in [0.29, 0.717) is 23.0 Å². The molecule has 0 saturated carbocycles. The Morgan fingerprint density at radius 2 is 1.59 bits per heavy atom. The van der Waals surface area contributed by atoms with E-state index in [1.54, 1.807) is 42.9 Å². The summed E-state index contributed by atoms with van der Waals surface area (Å²) < 4.78 is 13.3. The molecule has 1 atom stereocenters. The molecule has 1 amide bonds. The number of nitrogens with two attached hydrogens (primary N) is 1. The maximum absolute atomic E-state index is 13.3. The predicted octanol–water partition coefficient (Wildman–Crippen LogP) is 5.54. The van der Waals surface area contributed by atoms with Gasteiger partial charge in [-0.05, 0) is 60.0 Å². The van der Waals surface area contributed by atoms with Gasteiger partial charge in [0.2, 0.25) is 5.91 Å².